The number of hydrogen-bond acceptors (Lipinski definition) is 4. The highest BCUT2D eigenvalue weighted by Gasteiger charge is 2.42. The van der Waals surface area contributed by atoms with Crippen LogP contribution in [0.4, 0.5) is 0 Å². The van der Waals surface area contributed by atoms with Crippen molar-refractivity contribution >= 4 is 5.97 Å². The van der Waals surface area contributed by atoms with E-state index in [0.29, 0.717) is 12.3 Å². The smallest absolute Gasteiger partial charge is 0.356 e. The van der Waals surface area contributed by atoms with Gasteiger partial charge in [-0.3, -0.25) is 10.3 Å². The molecular weight excluding hydrogens is 170 g/mol. The molecule has 2 rings (SSSR count). The van der Waals surface area contributed by atoms with Crippen molar-refractivity contribution < 1.29 is 14.4 Å². The predicted octanol–water partition coefficient (Wildman–Crippen LogP) is 0.891. The largest absolute Gasteiger partial charge is 0.461 e. The Labute approximate surface area is 76.9 Å². The van der Waals surface area contributed by atoms with Gasteiger partial charge in [-0.1, -0.05) is 0 Å². The van der Waals surface area contributed by atoms with Crippen molar-refractivity contribution in [2.75, 3.05) is 6.61 Å². The summed E-state index contributed by atoms with van der Waals surface area (Å²) < 4.78 is 4.84. The molecule has 0 atom stereocenters. The van der Waals surface area contributed by atoms with Gasteiger partial charge in [-0.15, -0.1) is 0 Å². The number of hydrogen-bond donors (Lipinski definition) is 1. The first-order valence-electron chi connectivity index (χ1n) is 4.60. The summed E-state index contributed by atoms with van der Waals surface area (Å²) >= 11 is 0. The van der Waals surface area contributed by atoms with E-state index in [1.54, 1.807) is 6.92 Å². The molecule has 1 fully saturated rings. The molecule has 4 heteroatoms. The highest BCUT2D eigenvalue weighted by atomic mass is 16.7. The quantitative estimate of drug-likeness (QED) is 0.646. The molecule has 0 bridgehead atoms. The Bertz CT molecular complexity index is 256. The van der Waals surface area contributed by atoms with Gasteiger partial charge < -0.3 is 4.74 Å². The third-order valence-corrected chi connectivity index (χ3v) is 2.47. The van der Waals surface area contributed by atoms with Gasteiger partial charge >= 0.3 is 5.97 Å². The lowest BCUT2D eigenvalue weighted by Crippen LogP contribution is -2.37. The fourth-order valence-electron chi connectivity index (χ4n) is 1.56. The molecule has 13 heavy (non-hydrogen) atoms. The fraction of sp³-hybridized carbons (Fsp3) is 0.667. The number of carbonyl (C=O) groups is 1. The summed E-state index contributed by atoms with van der Waals surface area (Å²) in [5.41, 5.74) is 2.86. The highest BCUT2D eigenvalue weighted by Crippen LogP contribution is 2.39. The van der Waals surface area contributed by atoms with E-state index in [9.17, 15) is 4.79 Å². The molecule has 1 aliphatic carbocycles. The molecule has 1 heterocycles. The van der Waals surface area contributed by atoms with Crippen molar-refractivity contribution in [3.63, 3.8) is 0 Å². The number of hydroxylamine groups is 1. The van der Waals surface area contributed by atoms with Gasteiger partial charge in [-0.05, 0) is 32.3 Å². The van der Waals surface area contributed by atoms with Crippen LogP contribution in [0.15, 0.2) is 11.8 Å². The van der Waals surface area contributed by atoms with E-state index in [1.807, 2.05) is 6.08 Å². The molecule has 1 aliphatic heterocycles. The van der Waals surface area contributed by atoms with E-state index in [4.69, 9.17) is 9.57 Å². The monoisotopic (exact) mass is 183 g/mol. The van der Waals surface area contributed by atoms with Gasteiger partial charge in [0.05, 0.1) is 6.61 Å². The lowest BCUT2D eigenvalue weighted by molar-refractivity contribution is -0.141. The molecule has 0 saturated heterocycles. The summed E-state index contributed by atoms with van der Waals surface area (Å²) in [6, 6.07) is 0. The number of nitrogens with one attached hydrogen (secondary N) is 1. The maximum Gasteiger partial charge on any atom is 0.356 e. The SMILES string of the molecule is CCOC(=O)C1=CC2(CCC2)ON1. The van der Waals surface area contributed by atoms with E-state index in [0.717, 1.165) is 19.3 Å². The van der Waals surface area contributed by atoms with Crippen LogP contribution in [-0.4, -0.2) is 18.2 Å². The van der Waals surface area contributed by atoms with Crippen molar-refractivity contribution in [3.05, 3.63) is 11.8 Å². The molecule has 1 saturated carbocycles. The molecule has 4 nitrogen and oxygen atoms in total. The van der Waals surface area contributed by atoms with Gasteiger partial charge in [0, 0.05) is 0 Å². The zero-order valence-corrected chi connectivity index (χ0v) is 7.63. The lowest BCUT2D eigenvalue weighted by atomic mass is 9.80. The Kier molecular flexibility index (Phi) is 2.00. The van der Waals surface area contributed by atoms with E-state index < -0.39 is 0 Å². The second kappa shape index (κ2) is 3.03. The van der Waals surface area contributed by atoms with Gasteiger partial charge in [-0.25, -0.2) is 4.79 Å². The van der Waals surface area contributed by atoms with Crippen LogP contribution >= 0.6 is 0 Å². The van der Waals surface area contributed by atoms with Crippen molar-refractivity contribution in [1.82, 2.24) is 5.48 Å². The molecule has 0 unspecified atom stereocenters. The molecule has 72 valence electrons. The molecule has 0 amide bonds. The number of esters is 1. The van der Waals surface area contributed by atoms with Crippen LogP contribution in [0.3, 0.4) is 0 Å². The van der Waals surface area contributed by atoms with Gasteiger partial charge in [0.2, 0.25) is 0 Å². The minimum absolute atomic E-state index is 0.206. The van der Waals surface area contributed by atoms with Crippen LogP contribution in [0.25, 0.3) is 0 Å². The molecule has 1 spiro atoms. The van der Waals surface area contributed by atoms with Crippen LogP contribution in [0.1, 0.15) is 26.2 Å². The topological polar surface area (TPSA) is 47.6 Å². The summed E-state index contributed by atoms with van der Waals surface area (Å²) in [5, 5.41) is 0. The van der Waals surface area contributed by atoms with Crippen LogP contribution < -0.4 is 5.48 Å². The second-order valence-electron chi connectivity index (χ2n) is 3.40. The minimum atomic E-state index is -0.328. The van der Waals surface area contributed by atoms with Crippen LogP contribution in [0.2, 0.25) is 0 Å². The first-order chi connectivity index (χ1) is 6.26. The maximum atomic E-state index is 11.2. The lowest BCUT2D eigenvalue weighted by Gasteiger charge is -2.33. The van der Waals surface area contributed by atoms with Crippen LogP contribution in [0.5, 0.6) is 0 Å². The Morgan fingerprint density at radius 1 is 1.77 bits per heavy atom. The summed E-state index contributed by atoms with van der Waals surface area (Å²) in [7, 11) is 0. The predicted molar refractivity (Wildman–Crippen MR) is 45.5 cm³/mol. The average molecular weight is 183 g/mol. The third kappa shape index (κ3) is 1.42. The van der Waals surface area contributed by atoms with E-state index in [1.165, 1.54) is 0 Å². The first kappa shape index (κ1) is 8.56. The standard InChI is InChI=1S/C9H13NO3/c1-2-12-8(11)7-6-9(13-10-7)4-3-5-9/h6,10H,2-5H2,1H3. The fourth-order valence-corrected chi connectivity index (χ4v) is 1.56. The van der Waals surface area contributed by atoms with Crippen LogP contribution in [-0.2, 0) is 14.4 Å². The van der Waals surface area contributed by atoms with Crippen molar-refractivity contribution in [3.8, 4) is 0 Å². The van der Waals surface area contributed by atoms with E-state index >= 15 is 0 Å². The van der Waals surface area contributed by atoms with Gasteiger partial charge in [0.1, 0.15) is 11.3 Å². The Balaban J connectivity index is 2.01. The van der Waals surface area contributed by atoms with Crippen molar-refractivity contribution in [2.45, 2.75) is 31.8 Å². The zero-order valence-electron chi connectivity index (χ0n) is 7.63. The Morgan fingerprint density at radius 2 is 2.54 bits per heavy atom. The van der Waals surface area contributed by atoms with E-state index in [-0.39, 0.29) is 11.6 Å². The Morgan fingerprint density at radius 3 is 3.00 bits per heavy atom. The molecule has 0 aromatic rings. The Hall–Kier alpha value is -1.03. The van der Waals surface area contributed by atoms with E-state index in [2.05, 4.69) is 5.48 Å². The zero-order chi connectivity index (χ0) is 9.31. The molecular formula is C9H13NO3. The summed E-state index contributed by atoms with van der Waals surface area (Å²) in [6.07, 6.45) is 4.98. The molecule has 0 aromatic carbocycles. The molecule has 0 radical (unpaired) electrons. The maximum absolute atomic E-state index is 11.2. The van der Waals surface area contributed by atoms with Gasteiger partial charge in [-0.2, -0.15) is 0 Å². The van der Waals surface area contributed by atoms with Gasteiger partial charge in [0.15, 0.2) is 0 Å². The number of carbonyl (C=O) groups excluding carboxylic acids is 1. The number of ether oxygens (including phenoxy) is 1. The molecule has 1 N–H and O–H groups in total. The highest BCUT2D eigenvalue weighted by molar-refractivity contribution is 5.88. The first-order valence-corrected chi connectivity index (χ1v) is 4.60. The minimum Gasteiger partial charge on any atom is -0.461 e. The normalized spacial score (nSPS) is 23.3. The third-order valence-electron chi connectivity index (χ3n) is 2.47. The van der Waals surface area contributed by atoms with Crippen molar-refractivity contribution in [1.29, 1.82) is 0 Å². The van der Waals surface area contributed by atoms with Crippen molar-refractivity contribution in [2.24, 2.45) is 0 Å². The molecule has 0 aromatic heterocycles. The second-order valence-corrected chi connectivity index (χ2v) is 3.40. The molecule has 2 aliphatic rings. The average Bonchev–Trinajstić information content (AvgIpc) is 2.47. The number of rotatable bonds is 2. The van der Waals surface area contributed by atoms with Crippen LogP contribution in [0, 0.1) is 0 Å². The summed E-state index contributed by atoms with van der Waals surface area (Å²) in [4.78, 5) is 16.6. The summed E-state index contributed by atoms with van der Waals surface area (Å²) in [5.74, 6) is -0.328. The van der Waals surface area contributed by atoms with Gasteiger partial charge in [0.25, 0.3) is 0 Å². The summed E-state index contributed by atoms with van der Waals surface area (Å²) in [6.45, 7) is 2.18.